The molecule has 0 radical (unpaired) electrons. The number of rotatable bonds is 4. The maximum Gasteiger partial charge on any atom is 0.263 e. The van der Waals surface area contributed by atoms with Crippen molar-refractivity contribution in [3.63, 3.8) is 0 Å². The Balaban J connectivity index is 1.66. The number of carbonyl (C=O) groups excluding carboxylic acids is 1. The van der Waals surface area contributed by atoms with Gasteiger partial charge in [-0.05, 0) is 44.9 Å². The zero-order valence-corrected chi connectivity index (χ0v) is 14.5. The van der Waals surface area contributed by atoms with Crippen LogP contribution >= 0.6 is 0 Å². The number of aryl methyl sites for hydroxylation is 1. The van der Waals surface area contributed by atoms with Gasteiger partial charge in [-0.1, -0.05) is 12.1 Å². The average Bonchev–Trinajstić information content (AvgIpc) is 3.08. The molecule has 0 spiro atoms. The summed E-state index contributed by atoms with van der Waals surface area (Å²) in [6.07, 6.45) is 1.35. The van der Waals surface area contributed by atoms with Crippen LogP contribution in [0.15, 0.2) is 30.3 Å². The summed E-state index contributed by atoms with van der Waals surface area (Å²) in [4.78, 5) is 14.6. The van der Waals surface area contributed by atoms with Crippen molar-refractivity contribution in [2.24, 2.45) is 0 Å². The van der Waals surface area contributed by atoms with Crippen LogP contribution in [0.2, 0.25) is 0 Å². The third-order valence-electron chi connectivity index (χ3n) is 4.54. The summed E-state index contributed by atoms with van der Waals surface area (Å²) in [7, 11) is 0. The van der Waals surface area contributed by atoms with E-state index in [9.17, 15) is 4.79 Å². The molecule has 6 nitrogen and oxygen atoms in total. The molecule has 1 saturated heterocycles. The Morgan fingerprint density at radius 2 is 2.28 bits per heavy atom. The van der Waals surface area contributed by atoms with Crippen molar-refractivity contribution in [3.8, 4) is 11.8 Å². The van der Waals surface area contributed by atoms with Crippen molar-refractivity contribution in [2.75, 3.05) is 13.1 Å². The summed E-state index contributed by atoms with van der Waals surface area (Å²) >= 11 is 0. The molecule has 1 N–H and O–H groups in total. The smallest absolute Gasteiger partial charge is 0.263 e. The minimum absolute atomic E-state index is 0.0512. The fourth-order valence-electron chi connectivity index (χ4n) is 3.23. The summed E-state index contributed by atoms with van der Waals surface area (Å²) in [5, 5.41) is 16.5. The Kier molecular flexibility index (Phi) is 5.03. The molecular weight excluding hydrogens is 316 g/mol. The van der Waals surface area contributed by atoms with Crippen LogP contribution < -0.4 is 4.74 Å². The zero-order valence-electron chi connectivity index (χ0n) is 14.5. The molecule has 6 heteroatoms. The number of benzene rings is 1. The first-order chi connectivity index (χ1) is 12.1. The molecule has 3 rings (SSSR count). The van der Waals surface area contributed by atoms with Gasteiger partial charge in [0.15, 0.2) is 6.10 Å². The van der Waals surface area contributed by atoms with Crippen LogP contribution in [-0.4, -0.2) is 40.2 Å². The number of H-pyrrole nitrogens is 1. The number of para-hydroxylation sites is 1. The van der Waals surface area contributed by atoms with Gasteiger partial charge in [-0.15, -0.1) is 0 Å². The van der Waals surface area contributed by atoms with Gasteiger partial charge < -0.3 is 9.64 Å². The van der Waals surface area contributed by atoms with E-state index >= 15 is 0 Å². The number of amides is 1. The second-order valence-corrected chi connectivity index (χ2v) is 6.47. The summed E-state index contributed by atoms with van der Waals surface area (Å²) in [6, 6.07) is 11.1. The maximum absolute atomic E-state index is 12.8. The molecule has 2 heterocycles. The van der Waals surface area contributed by atoms with Crippen LogP contribution in [0.1, 0.15) is 42.6 Å². The molecule has 1 amide bonds. The van der Waals surface area contributed by atoms with Crippen LogP contribution in [-0.2, 0) is 4.79 Å². The van der Waals surface area contributed by atoms with E-state index in [4.69, 9.17) is 10.00 Å². The Bertz CT molecular complexity index is 793. The molecule has 2 atom stereocenters. The molecule has 1 aliphatic heterocycles. The highest BCUT2D eigenvalue weighted by molar-refractivity contribution is 5.81. The number of carbonyl (C=O) groups is 1. The first-order valence-electron chi connectivity index (χ1n) is 8.55. The zero-order chi connectivity index (χ0) is 17.8. The van der Waals surface area contributed by atoms with Crippen molar-refractivity contribution in [1.82, 2.24) is 15.1 Å². The largest absolute Gasteiger partial charge is 0.480 e. The molecule has 1 aliphatic rings. The van der Waals surface area contributed by atoms with Crippen LogP contribution in [0, 0.1) is 18.3 Å². The van der Waals surface area contributed by atoms with Crippen LogP contribution in [0.4, 0.5) is 0 Å². The maximum atomic E-state index is 12.8. The lowest BCUT2D eigenvalue weighted by Crippen LogP contribution is -2.45. The van der Waals surface area contributed by atoms with E-state index in [0.29, 0.717) is 17.9 Å². The third-order valence-corrected chi connectivity index (χ3v) is 4.54. The molecule has 25 heavy (non-hydrogen) atoms. The van der Waals surface area contributed by atoms with Crippen LogP contribution in [0.5, 0.6) is 5.75 Å². The number of nitrogens with one attached hydrogen (secondary N) is 1. The molecule has 130 valence electrons. The molecule has 0 unspecified atom stereocenters. The van der Waals surface area contributed by atoms with E-state index in [2.05, 4.69) is 16.3 Å². The number of piperidine rings is 1. The van der Waals surface area contributed by atoms with Gasteiger partial charge in [0.25, 0.3) is 5.91 Å². The Hall–Kier alpha value is -2.81. The van der Waals surface area contributed by atoms with Crippen molar-refractivity contribution in [1.29, 1.82) is 5.26 Å². The van der Waals surface area contributed by atoms with Crippen molar-refractivity contribution >= 4 is 5.91 Å². The van der Waals surface area contributed by atoms with E-state index in [1.54, 1.807) is 31.2 Å². The fourth-order valence-corrected chi connectivity index (χ4v) is 3.23. The first kappa shape index (κ1) is 17.0. The lowest BCUT2D eigenvalue weighted by atomic mass is 9.94. The minimum Gasteiger partial charge on any atom is -0.480 e. The number of nitriles is 1. The fraction of sp³-hybridized carbons (Fsp3) is 0.421. The topological polar surface area (TPSA) is 82.0 Å². The number of hydrogen-bond donors (Lipinski definition) is 1. The first-order valence-corrected chi connectivity index (χ1v) is 8.55. The second kappa shape index (κ2) is 7.39. The minimum atomic E-state index is -0.630. The Morgan fingerprint density at radius 3 is 3.00 bits per heavy atom. The molecule has 1 aromatic heterocycles. The molecule has 0 saturated carbocycles. The molecule has 0 bridgehead atoms. The monoisotopic (exact) mass is 338 g/mol. The third kappa shape index (κ3) is 3.82. The van der Waals surface area contributed by atoms with E-state index in [-0.39, 0.29) is 11.8 Å². The normalized spacial score (nSPS) is 18.4. The number of aromatic nitrogens is 2. The lowest BCUT2D eigenvalue weighted by Gasteiger charge is -2.33. The number of nitrogens with zero attached hydrogens (tertiary/aromatic N) is 3. The highest BCUT2D eigenvalue weighted by Gasteiger charge is 2.29. The summed E-state index contributed by atoms with van der Waals surface area (Å²) < 4.78 is 5.76. The second-order valence-electron chi connectivity index (χ2n) is 6.47. The molecule has 1 fully saturated rings. The highest BCUT2D eigenvalue weighted by Crippen LogP contribution is 2.27. The van der Waals surface area contributed by atoms with Gasteiger partial charge in [0.2, 0.25) is 0 Å². The van der Waals surface area contributed by atoms with Crippen LogP contribution in [0.25, 0.3) is 0 Å². The number of ether oxygens (including phenoxy) is 1. The van der Waals surface area contributed by atoms with Gasteiger partial charge in [-0.3, -0.25) is 9.89 Å². The van der Waals surface area contributed by atoms with Gasteiger partial charge in [0, 0.05) is 24.7 Å². The standard InChI is InChI=1S/C19H22N4O2/c1-13-10-17(22-21-13)16-7-5-9-23(12-16)19(24)14(2)25-18-8-4-3-6-15(18)11-20/h3-4,6,8,10,14,16H,5,7,9,12H2,1-2H3,(H,21,22)/t14-,16+/m0/s1. The van der Waals surface area contributed by atoms with E-state index in [1.807, 2.05) is 17.9 Å². The van der Waals surface area contributed by atoms with Crippen molar-refractivity contribution in [3.05, 3.63) is 47.3 Å². The molecule has 2 aromatic rings. The quantitative estimate of drug-likeness (QED) is 0.929. The summed E-state index contributed by atoms with van der Waals surface area (Å²) in [6.45, 7) is 5.09. The summed E-state index contributed by atoms with van der Waals surface area (Å²) in [5.74, 6) is 0.647. The van der Waals surface area contributed by atoms with E-state index < -0.39 is 6.10 Å². The number of hydrogen-bond acceptors (Lipinski definition) is 4. The summed E-state index contributed by atoms with van der Waals surface area (Å²) in [5.41, 5.74) is 2.48. The predicted molar refractivity (Wildman–Crippen MR) is 93.1 cm³/mol. The lowest BCUT2D eigenvalue weighted by molar-refractivity contribution is -0.139. The SMILES string of the molecule is Cc1cc([C@@H]2CCCN(C(=O)[C@H](C)Oc3ccccc3C#N)C2)n[nH]1. The number of likely N-dealkylation sites (tertiary alicyclic amines) is 1. The molecule has 1 aromatic carbocycles. The van der Waals surface area contributed by atoms with E-state index in [0.717, 1.165) is 30.8 Å². The van der Waals surface area contributed by atoms with Crippen LogP contribution in [0.3, 0.4) is 0 Å². The van der Waals surface area contributed by atoms with Gasteiger partial charge in [0.05, 0.1) is 11.3 Å². The Morgan fingerprint density at radius 1 is 1.48 bits per heavy atom. The Labute approximate surface area is 147 Å². The van der Waals surface area contributed by atoms with Gasteiger partial charge >= 0.3 is 0 Å². The number of aromatic amines is 1. The highest BCUT2D eigenvalue weighted by atomic mass is 16.5. The average molecular weight is 338 g/mol. The molecular formula is C19H22N4O2. The van der Waals surface area contributed by atoms with Gasteiger partial charge in [-0.25, -0.2) is 0 Å². The van der Waals surface area contributed by atoms with E-state index in [1.165, 1.54) is 0 Å². The molecule has 0 aliphatic carbocycles. The van der Waals surface area contributed by atoms with Crippen molar-refractivity contribution in [2.45, 2.75) is 38.7 Å². The van der Waals surface area contributed by atoms with Crippen molar-refractivity contribution < 1.29 is 9.53 Å². The van der Waals surface area contributed by atoms with Gasteiger partial charge in [-0.2, -0.15) is 10.4 Å². The van der Waals surface area contributed by atoms with Gasteiger partial charge in [0.1, 0.15) is 11.8 Å². The predicted octanol–water partition coefficient (Wildman–Crippen LogP) is 2.76.